The maximum absolute atomic E-state index is 13.6. The van der Waals surface area contributed by atoms with Gasteiger partial charge < -0.3 is 15.0 Å². The van der Waals surface area contributed by atoms with Crippen molar-refractivity contribution in [3.8, 4) is 22.6 Å². The predicted octanol–water partition coefficient (Wildman–Crippen LogP) is 4.77. The number of hydrogen-bond donors (Lipinski definition) is 2. The Balaban J connectivity index is 1.02. The van der Waals surface area contributed by atoms with E-state index < -0.39 is 5.60 Å². The summed E-state index contributed by atoms with van der Waals surface area (Å²) in [7, 11) is 1.56. The number of aromatic amines is 1. The van der Waals surface area contributed by atoms with Crippen LogP contribution < -0.4 is 10.2 Å². The number of ketones is 1. The van der Waals surface area contributed by atoms with Gasteiger partial charge in [0.25, 0.3) is 5.91 Å². The Morgan fingerprint density at radius 2 is 1.85 bits per heavy atom. The van der Waals surface area contributed by atoms with E-state index in [4.69, 9.17) is 4.74 Å². The van der Waals surface area contributed by atoms with Gasteiger partial charge in [-0.2, -0.15) is 5.10 Å². The number of H-pyrrole nitrogens is 1. The van der Waals surface area contributed by atoms with Crippen LogP contribution in [0.4, 0.5) is 11.5 Å². The van der Waals surface area contributed by atoms with Crippen molar-refractivity contribution in [3.63, 3.8) is 0 Å². The lowest BCUT2D eigenvalue weighted by molar-refractivity contribution is -0.136. The van der Waals surface area contributed by atoms with E-state index in [1.165, 1.54) is 0 Å². The number of pyridine rings is 2. The maximum Gasteiger partial charge on any atom is 0.258 e. The normalized spacial score (nSPS) is 16.4. The molecular formula is C35H39N9O3. The lowest BCUT2D eigenvalue weighted by Crippen LogP contribution is -2.47. The zero-order valence-corrected chi connectivity index (χ0v) is 26.7. The van der Waals surface area contributed by atoms with Gasteiger partial charge in [0.1, 0.15) is 17.3 Å². The van der Waals surface area contributed by atoms with Gasteiger partial charge in [0.2, 0.25) is 0 Å². The molecule has 1 saturated heterocycles. The number of methoxy groups -OCH3 is 1. The number of benzene rings is 1. The van der Waals surface area contributed by atoms with Gasteiger partial charge >= 0.3 is 0 Å². The Morgan fingerprint density at radius 1 is 1.02 bits per heavy atom. The van der Waals surface area contributed by atoms with Gasteiger partial charge in [0, 0.05) is 92.9 Å². The quantitative estimate of drug-likeness (QED) is 0.176. The summed E-state index contributed by atoms with van der Waals surface area (Å²) in [6.07, 6.45) is 11.3. The molecule has 0 spiro atoms. The fourth-order valence-electron chi connectivity index (χ4n) is 6.06. The van der Waals surface area contributed by atoms with Crippen molar-refractivity contribution in [1.29, 1.82) is 0 Å². The smallest absolute Gasteiger partial charge is 0.258 e. The highest BCUT2D eigenvalue weighted by atomic mass is 16.5. The van der Waals surface area contributed by atoms with Crippen LogP contribution in [0.5, 0.6) is 0 Å². The molecule has 242 valence electrons. The molecule has 1 fully saturated rings. The van der Waals surface area contributed by atoms with Gasteiger partial charge in [-0.15, -0.1) is 0 Å². The highest BCUT2D eigenvalue weighted by molar-refractivity contribution is 6.01. The molecule has 1 amide bonds. The van der Waals surface area contributed by atoms with Crippen LogP contribution in [0.1, 0.15) is 32.6 Å². The number of carbonyl (C=O) groups is 2. The maximum atomic E-state index is 13.6. The minimum absolute atomic E-state index is 0.146. The molecule has 1 aromatic carbocycles. The third-order valence-corrected chi connectivity index (χ3v) is 8.56. The standard InChI is InChI=1S/C35H39N9O3/c1-3-18-44(31-10-7-26(22-39-31)33-37-14-5-15-38-33)19-4-6-28(45)23-43-20-13-35(24-43,47-2)34(46)40-27-8-9-30-29(21-27)32(42-41-30)25-11-16-36-17-12-25/h5,7-12,14-17,21-22H,3-4,6,13,18-20,23-24H2,1-2H3,(H,40,46)(H,41,42). The van der Waals surface area contributed by atoms with E-state index in [9.17, 15) is 9.59 Å². The van der Waals surface area contributed by atoms with Crippen molar-refractivity contribution in [2.24, 2.45) is 0 Å². The molecule has 5 aromatic rings. The van der Waals surface area contributed by atoms with Gasteiger partial charge in [0.05, 0.1) is 12.1 Å². The van der Waals surface area contributed by atoms with Crippen molar-refractivity contribution in [3.05, 3.63) is 79.5 Å². The second-order valence-corrected chi connectivity index (χ2v) is 11.8. The number of ether oxygens (including phenoxy) is 1. The Kier molecular flexibility index (Phi) is 9.89. The van der Waals surface area contributed by atoms with Gasteiger partial charge in [-0.3, -0.25) is 24.6 Å². The molecule has 47 heavy (non-hydrogen) atoms. The number of Topliss-reactive ketones (excluding diaryl/α,β-unsaturated/α-hetero) is 1. The van der Waals surface area contributed by atoms with Crippen LogP contribution in [-0.4, -0.2) is 92.2 Å². The Bertz CT molecular complexity index is 1800. The molecule has 6 rings (SSSR count). The van der Waals surface area contributed by atoms with E-state index in [1.807, 2.05) is 47.4 Å². The number of rotatable bonds is 14. The summed E-state index contributed by atoms with van der Waals surface area (Å²) in [6, 6.07) is 15.2. The number of aromatic nitrogens is 6. The number of anilines is 2. The largest absolute Gasteiger partial charge is 0.367 e. The molecule has 5 heterocycles. The number of amides is 1. The van der Waals surface area contributed by atoms with E-state index in [2.05, 4.69) is 47.3 Å². The number of fused-ring (bicyclic) bond motifs is 1. The topological polar surface area (TPSA) is 142 Å². The van der Waals surface area contributed by atoms with Gasteiger partial charge in [-0.05, 0) is 67.8 Å². The first kappa shape index (κ1) is 31.9. The molecule has 1 aliphatic heterocycles. The van der Waals surface area contributed by atoms with Crippen LogP contribution in [0.15, 0.2) is 79.5 Å². The molecule has 12 nitrogen and oxygen atoms in total. The Labute approximate surface area is 273 Å². The molecule has 4 aromatic heterocycles. The van der Waals surface area contributed by atoms with Crippen LogP contribution >= 0.6 is 0 Å². The van der Waals surface area contributed by atoms with E-state index in [0.29, 0.717) is 43.9 Å². The van der Waals surface area contributed by atoms with Crippen LogP contribution in [0.25, 0.3) is 33.5 Å². The molecule has 12 heteroatoms. The summed E-state index contributed by atoms with van der Waals surface area (Å²) < 4.78 is 5.82. The SMILES string of the molecule is CCCN(CCCC(=O)CN1CCC(OC)(C(=O)Nc2ccc3[nH]nc(-c4ccncc4)c3c2)C1)c1ccc(-c2ncccn2)cn1. The summed E-state index contributed by atoms with van der Waals surface area (Å²) in [6.45, 7) is 4.93. The van der Waals surface area contributed by atoms with Crippen molar-refractivity contribution in [2.45, 2.75) is 38.2 Å². The van der Waals surface area contributed by atoms with Crippen molar-refractivity contribution in [1.82, 2.24) is 35.0 Å². The minimum atomic E-state index is -1.04. The van der Waals surface area contributed by atoms with E-state index in [1.54, 1.807) is 44.2 Å². The second kappa shape index (κ2) is 14.6. The van der Waals surface area contributed by atoms with Crippen LogP contribution in [0.3, 0.4) is 0 Å². The average molecular weight is 634 g/mol. The molecule has 1 unspecified atom stereocenters. The number of nitrogens with zero attached hydrogens (tertiary/aromatic N) is 7. The predicted molar refractivity (Wildman–Crippen MR) is 181 cm³/mol. The Hall–Kier alpha value is -5.07. The van der Waals surface area contributed by atoms with Crippen LogP contribution in [0.2, 0.25) is 0 Å². The molecule has 0 aliphatic carbocycles. The lowest BCUT2D eigenvalue weighted by Gasteiger charge is -2.27. The highest BCUT2D eigenvalue weighted by Crippen LogP contribution is 2.30. The van der Waals surface area contributed by atoms with Gasteiger partial charge in [-0.1, -0.05) is 6.92 Å². The Morgan fingerprint density at radius 3 is 2.60 bits per heavy atom. The summed E-state index contributed by atoms with van der Waals surface area (Å²) in [4.78, 5) is 48.2. The van der Waals surface area contributed by atoms with E-state index >= 15 is 0 Å². The molecule has 0 bridgehead atoms. The average Bonchev–Trinajstić information content (AvgIpc) is 3.73. The number of nitrogens with one attached hydrogen (secondary N) is 2. The number of likely N-dealkylation sites (tertiary alicyclic amines) is 1. The molecule has 0 radical (unpaired) electrons. The van der Waals surface area contributed by atoms with Crippen molar-refractivity contribution in [2.75, 3.05) is 50.1 Å². The summed E-state index contributed by atoms with van der Waals surface area (Å²) >= 11 is 0. The van der Waals surface area contributed by atoms with Crippen molar-refractivity contribution >= 4 is 34.1 Å². The summed E-state index contributed by atoms with van der Waals surface area (Å²) in [5, 5.41) is 11.5. The number of hydrogen-bond acceptors (Lipinski definition) is 10. The molecule has 2 N–H and O–H groups in total. The zero-order valence-electron chi connectivity index (χ0n) is 26.7. The second-order valence-electron chi connectivity index (χ2n) is 11.8. The van der Waals surface area contributed by atoms with Crippen LogP contribution in [-0.2, 0) is 14.3 Å². The van der Waals surface area contributed by atoms with Gasteiger partial charge in [-0.25, -0.2) is 15.0 Å². The highest BCUT2D eigenvalue weighted by Gasteiger charge is 2.45. The van der Waals surface area contributed by atoms with E-state index in [-0.39, 0.29) is 18.2 Å². The first-order valence-corrected chi connectivity index (χ1v) is 16.0. The molecule has 1 atom stereocenters. The minimum Gasteiger partial charge on any atom is -0.367 e. The monoisotopic (exact) mass is 633 g/mol. The van der Waals surface area contributed by atoms with E-state index in [0.717, 1.165) is 53.1 Å². The first-order valence-electron chi connectivity index (χ1n) is 16.0. The zero-order chi connectivity index (χ0) is 32.6. The third-order valence-electron chi connectivity index (χ3n) is 8.56. The summed E-state index contributed by atoms with van der Waals surface area (Å²) in [5.41, 5.74) is 3.06. The first-order chi connectivity index (χ1) is 23.0. The lowest BCUT2D eigenvalue weighted by atomic mass is 10.0. The van der Waals surface area contributed by atoms with Crippen LogP contribution in [0, 0.1) is 0 Å². The van der Waals surface area contributed by atoms with Gasteiger partial charge in [0.15, 0.2) is 11.4 Å². The summed E-state index contributed by atoms with van der Waals surface area (Å²) in [5.74, 6) is 1.43. The fraction of sp³-hybridized carbons (Fsp3) is 0.343. The molecule has 0 saturated carbocycles. The molecular weight excluding hydrogens is 594 g/mol. The molecule has 1 aliphatic rings. The van der Waals surface area contributed by atoms with Crippen molar-refractivity contribution < 1.29 is 14.3 Å². The number of carbonyl (C=O) groups excluding carboxylic acids is 2. The fourth-order valence-corrected chi connectivity index (χ4v) is 6.06. The third kappa shape index (κ3) is 7.34.